The molecule has 1 heterocycles. The Kier molecular flexibility index (Phi) is 3.92. The highest BCUT2D eigenvalue weighted by Crippen LogP contribution is 2.35. The van der Waals surface area contributed by atoms with Crippen LogP contribution < -0.4 is 10.8 Å². The van der Waals surface area contributed by atoms with Gasteiger partial charge in [-0.15, -0.1) is 0 Å². The lowest BCUT2D eigenvalue weighted by Crippen LogP contribution is -2.22. The van der Waals surface area contributed by atoms with E-state index in [2.05, 4.69) is 9.74 Å². The normalized spacial score (nSPS) is 20.4. The maximum absolute atomic E-state index is 6.17. The van der Waals surface area contributed by atoms with Crippen LogP contribution in [-0.2, 0) is 4.84 Å². The van der Waals surface area contributed by atoms with Crippen LogP contribution in [0.3, 0.4) is 0 Å². The van der Waals surface area contributed by atoms with Crippen LogP contribution in [0, 0.1) is 5.92 Å². The van der Waals surface area contributed by atoms with Crippen molar-refractivity contribution in [2.75, 3.05) is 24.6 Å². The molecule has 5 heteroatoms. The second kappa shape index (κ2) is 5.23. The summed E-state index contributed by atoms with van der Waals surface area (Å²) in [5.41, 5.74) is 0.994. The van der Waals surface area contributed by atoms with Crippen LogP contribution in [0.25, 0.3) is 0 Å². The van der Waals surface area contributed by atoms with Gasteiger partial charge in [-0.2, -0.15) is 0 Å². The summed E-state index contributed by atoms with van der Waals surface area (Å²) in [7, 11) is 0. The van der Waals surface area contributed by atoms with Crippen molar-refractivity contribution in [2.45, 2.75) is 6.42 Å². The van der Waals surface area contributed by atoms with Crippen molar-refractivity contribution < 1.29 is 4.84 Å². The second-order valence-corrected chi connectivity index (χ2v) is 4.79. The Morgan fingerprint density at radius 3 is 3.00 bits per heavy atom. The van der Waals surface area contributed by atoms with E-state index in [0.29, 0.717) is 22.6 Å². The number of hydrogen-bond acceptors (Lipinski definition) is 3. The van der Waals surface area contributed by atoms with E-state index in [-0.39, 0.29) is 0 Å². The Bertz CT molecular complexity index is 373. The first-order chi connectivity index (χ1) is 7.72. The Hall–Kier alpha value is -0.480. The third kappa shape index (κ3) is 2.43. The SMILES string of the molecule is NOCC1CCN(c2cccc(Cl)c2Cl)C1. The second-order valence-electron chi connectivity index (χ2n) is 4.01. The Morgan fingerprint density at radius 1 is 1.44 bits per heavy atom. The van der Waals surface area contributed by atoms with Crippen molar-refractivity contribution in [3.8, 4) is 0 Å². The third-order valence-electron chi connectivity index (χ3n) is 2.89. The first-order valence-corrected chi connectivity index (χ1v) is 5.98. The smallest absolute Gasteiger partial charge is 0.0825 e. The molecule has 1 atom stereocenters. The monoisotopic (exact) mass is 260 g/mol. The van der Waals surface area contributed by atoms with Gasteiger partial charge < -0.3 is 9.74 Å². The number of rotatable bonds is 3. The average Bonchev–Trinajstić information content (AvgIpc) is 2.71. The molecule has 2 N–H and O–H groups in total. The van der Waals surface area contributed by atoms with Crippen molar-refractivity contribution in [3.05, 3.63) is 28.2 Å². The third-order valence-corrected chi connectivity index (χ3v) is 3.70. The molecule has 2 rings (SSSR count). The van der Waals surface area contributed by atoms with E-state index < -0.39 is 0 Å². The maximum atomic E-state index is 6.17. The molecular formula is C11H14Cl2N2O. The molecule has 0 amide bonds. The van der Waals surface area contributed by atoms with Gasteiger partial charge in [-0.3, -0.25) is 0 Å². The summed E-state index contributed by atoms with van der Waals surface area (Å²) in [6.07, 6.45) is 1.07. The molecule has 1 unspecified atom stereocenters. The van der Waals surface area contributed by atoms with E-state index >= 15 is 0 Å². The molecule has 88 valence electrons. The molecule has 0 bridgehead atoms. The minimum Gasteiger partial charge on any atom is -0.370 e. The van der Waals surface area contributed by atoms with Crippen molar-refractivity contribution in [1.29, 1.82) is 0 Å². The maximum Gasteiger partial charge on any atom is 0.0825 e. The van der Waals surface area contributed by atoms with E-state index in [1.165, 1.54) is 0 Å². The number of anilines is 1. The van der Waals surface area contributed by atoms with E-state index in [1.54, 1.807) is 6.07 Å². The van der Waals surface area contributed by atoms with Gasteiger partial charge in [-0.1, -0.05) is 29.3 Å². The van der Waals surface area contributed by atoms with Crippen LogP contribution in [0.4, 0.5) is 5.69 Å². The van der Waals surface area contributed by atoms with Gasteiger partial charge in [0, 0.05) is 19.0 Å². The van der Waals surface area contributed by atoms with Gasteiger partial charge in [-0.05, 0) is 18.6 Å². The summed E-state index contributed by atoms with van der Waals surface area (Å²) in [6.45, 7) is 2.47. The van der Waals surface area contributed by atoms with Crippen molar-refractivity contribution >= 4 is 28.9 Å². The first-order valence-electron chi connectivity index (χ1n) is 5.23. The van der Waals surface area contributed by atoms with Crippen LogP contribution in [0.15, 0.2) is 18.2 Å². The number of nitrogens with zero attached hydrogens (tertiary/aromatic N) is 1. The molecule has 16 heavy (non-hydrogen) atoms. The van der Waals surface area contributed by atoms with Crippen molar-refractivity contribution in [3.63, 3.8) is 0 Å². The molecule has 1 saturated heterocycles. The van der Waals surface area contributed by atoms with E-state index in [4.69, 9.17) is 29.1 Å². The lowest BCUT2D eigenvalue weighted by molar-refractivity contribution is 0.108. The zero-order chi connectivity index (χ0) is 11.5. The van der Waals surface area contributed by atoms with E-state index in [9.17, 15) is 0 Å². The van der Waals surface area contributed by atoms with Gasteiger partial charge in [0.2, 0.25) is 0 Å². The molecule has 0 aliphatic carbocycles. The number of benzene rings is 1. The zero-order valence-electron chi connectivity index (χ0n) is 8.83. The van der Waals surface area contributed by atoms with Gasteiger partial charge in [0.15, 0.2) is 0 Å². The van der Waals surface area contributed by atoms with Gasteiger partial charge >= 0.3 is 0 Å². The molecule has 1 aromatic carbocycles. The number of hydrogen-bond donors (Lipinski definition) is 1. The fraction of sp³-hybridized carbons (Fsp3) is 0.455. The van der Waals surface area contributed by atoms with Crippen LogP contribution in [-0.4, -0.2) is 19.7 Å². The quantitative estimate of drug-likeness (QED) is 0.850. The van der Waals surface area contributed by atoms with E-state index in [1.807, 2.05) is 12.1 Å². The van der Waals surface area contributed by atoms with Crippen LogP contribution >= 0.6 is 23.2 Å². The van der Waals surface area contributed by atoms with Crippen molar-refractivity contribution in [2.24, 2.45) is 11.8 Å². The average molecular weight is 261 g/mol. The number of nitrogens with two attached hydrogens (primary N) is 1. The summed E-state index contributed by atoms with van der Waals surface area (Å²) in [5, 5.41) is 1.22. The Morgan fingerprint density at radius 2 is 2.25 bits per heavy atom. The highest BCUT2D eigenvalue weighted by Gasteiger charge is 2.24. The molecule has 1 aromatic rings. The lowest BCUT2D eigenvalue weighted by atomic mass is 10.1. The summed E-state index contributed by atoms with van der Waals surface area (Å²) in [4.78, 5) is 6.90. The molecule has 1 aliphatic rings. The van der Waals surface area contributed by atoms with Crippen molar-refractivity contribution in [1.82, 2.24) is 0 Å². The van der Waals surface area contributed by atoms with Gasteiger partial charge in [0.05, 0.1) is 22.3 Å². The van der Waals surface area contributed by atoms with Gasteiger partial charge in [0.1, 0.15) is 0 Å². The highest BCUT2D eigenvalue weighted by molar-refractivity contribution is 6.43. The standard InChI is InChI=1S/C11H14Cl2N2O/c12-9-2-1-3-10(11(9)13)15-5-4-8(6-15)7-16-14/h1-3,8H,4-7,14H2. The molecule has 1 aliphatic heterocycles. The fourth-order valence-corrected chi connectivity index (χ4v) is 2.48. The predicted octanol–water partition coefficient (Wildman–Crippen LogP) is 2.71. The summed E-state index contributed by atoms with van der Waals surface area (Å²) in [5.74, 6) is 5.55. The predicted molar refractivity (Wildman–Crippen MR) is 66.9 cm³/mol. The largest absolute Gasteiger partial charge is 0.370 e. The van der Waals surface area contributed by atoms with E-state index in [0.717, 1.165) is 25.2 Å². The minimum absolute atomic E-state index is 0.472. The molecule has 1 fully saturated rings. The molecule has 0 spiro atoms. The Balaban J connectivity index is 2.11. The van der Waals surface area contributed by atoms with Gasteiger partial charge in [-0.25, -0.2) is 5.90 Å². The molecule has 3 nitrogen and oxygen atoms in total. The highest BCUT2D eigenvalue weighted by atomic mass is 35.5. The zero-order valence-corrected chi connectivity index (χ0v) is 10.3. The van der Waals surface area contributed by atoms with Crippen LogP contribution in [0.2, 0.25) is 10.0 Å². The Labute approximate surface area is 105 Å². The first kappa shape index (κ1) is 12.0. The molecular weight excluding hydrogens is 247 g/mol. The minimum atomic E-state index is 0.472. The molecule has 0 aromatic heterocycles. The lowest BCUT2D eigenvalue weighted by Gasteiger charge is -2.20. The summed E-state index contributed by atoms with van der Waals surface area (Å²) < 4.78 is 0. The topological polar surface area (TPSA) is 38.5 Å². The van der Waals surface area contributed by atoms with Crippen LogP contribution in [0.5, 0.6) is 0 Å². The molecule has 0 radical (unpaired) electrons. The van der Waals surface area contributed by atoms with Gasteiger partial charge in [0.25, 0.3) is 0 Å². The molecule has 0 saturated carbocycles. The summed E-state index contributed by atoms with van der Waals surface area (Å²) >= 11 is 12.2. The van der Waals surface area contributed by atoms with Crippen LogP contribution in [0.1, 0.15) is 6.42 Å². The summed E-state index contributed by atoms with van der Waals surface area (Å²) in [6, 6.07) is 5.69. The number of halogens is 2. The fourth-order valence-electron chi connectivity index (χ4n) is 2.06.